The predicted octanol–water partition coefficient (Wildman–Crippen LogP) is 3.45. The van der Waals surface area contributed by atoms with Gasteiger partial charge in [-0.25, -0.2) is 4.39 Å². The van der Waals surface area contributed by atoms with Crippen LogP contribution >= 0.6 is 0 Å². The minimum Gasteiger partial charge on any atom is -0.490 e. The minimum absolute atomic E-state index is 0.256. The van der Waals surface area contributed by atoms with Gasteiger partial charge >= 0.3 is 0 Å². The van der Waals surface area contributed by atoms with Crippen molar-refractivity contribution in [3.8, 4) is 5.75 Å². The third-order valence-corrected chi connectivity index (χ3v) is 4.37. The van der Waals surface area contributed by atoms with Gasteiger partial charge in [-0.3, -0.25) is 0 Å². The lowest BCUT2D eigenvalue weighted by Gasteiger charge is -2.25. The van der Waals surface area contributed by atoms with E-state index in [-0.39, 0.29) is 11.9 Å². The Balaban J connectivity index is 1.80. The molecule has 0 amide bonds. The highest BCUT2D eigenvalue weighted by atomic mass is 19.1. The summed E-state index contributed by atoms with van der Waals surface area (Å²) in [6, 6.07) is 4.41. The molecule has 1 aromatic rings. The van der Waals surface area contributed by atoms with Crippen LogP contribution in [0.2, 0.25) is 0 Å². The molecule has 4 atom stereocenters. The molecule has 98 valence electrons. The van der Waals surface area contributed by atoms with Gasteiger partial charge in [-0.05, 0) is 62.6 Å². The molecule has 3 rings (SSSR count). The monoisotopic (exact) mass is 250 g/mol. The van der Waals surface area contributed by atoms with Crippen molar-refractivity contribution in [3.05, 3.63) is 29.6 Å². The molecule has 1 aromatic carbocycles. The number of aliphatic hydroxyl groups excluding tert-OH is 1. The van der Waals surface area contributed by atoms with Gasteiger partial charge in [0.15, 0.2) is 0 Å². The first kappa shape index (κ1) is 12.0. The van der Waals surface area contributed by atoms with Crippen molar-refractivity contribution in [3.63, 3.8) is 0 Å². The molecule has 2 aliphatic carbocycles. The Morgan fingerprint density at radius 3 is 2.78 bits per heavy atom. The van der Waals surface area contributed by atoms with Gasteiger partial charge in [-0.2, -0.15) is 0 Å². The topological polar surface area (TPSA) is 29.5 Å². The zero-order valence-electron chi connectivity index (χ0n) is 10.6. The normalized spacial score (nSPS) is 31.6. The zero-order valence-corrected chi connectivity index (χ0v) is 10.6. The summed E-state index contributed by atoms with van der Waals surface area (Å²) in [4.78, 5) is 0. The minimum atomic E-state index is -0.700. The Morgan fingerprint density at radius 2 is 2.17 bits per heavy atom. The fourth-order valence-corrected chi connectivity index (χ4v) is 3.45. The van der Waals surface area contributed by atoms with E-state index in [1.54, 1.807) is 13.0 Å². The fourth-order valence-electron chi connectivity index (χ4n) is 3.45. The van der Waals surface area contributed by atoms with Crippen molar-refractivity contribution < 1.29 is 14.2 Å². The van der Waals surface area contributed by atoms with Gasteiger partial charge in [0, 0.05) is 5.56 Å². The first-order valence-electron chi connectivity index (χ1n) is 6.77. The Morgan fingerprint density at radius 1 is 1.33 bits per heavy atom. The molecule has 3 unspecified atom stereocenters. The van der Waals surface area contributed by atoms with Gasteiger partial charge in [-0.1, -0.05) is 0 Å². The average molecular weight is 250 g/mol. The lowest BCUT2D eigenvalue weighted by Crippen LogP contribution is -2.24. The second-order valence-electron chi connectivity index (χ2n) is 5.69. The molecule has 0 aliphatic heterocycles. The fraction of sp³-hybridized carbons (Fsp3) is 0.600. The molecule has 0 heterocycles. The van der Waals surface area contributed by atoms with E-state index in [4.69, 9.17) is 4.74 Å². The number of rotatable bonds is 3. The number of hydrogen-bond donors (Lipinski definition) is 1. The molecule has 1 N–H and O–H groups in total. The second kappa shape index (κ2) is 4.54. The summed E-state index contributed by atoms with van der Waals surface area (Å²) in [5.74, 6) is 1.78. The van der Waals surface area contributed by atoms with E-state index in [1.807, 2.05) is 0 Å². The van der Waals surface area contributed by atoms with Crippen LogP contribution in [0, 0.1) is 17.7 Å². The standard InChI is InChI=1S/C15H19FO2/c1-9(17)13-8-12(16)4-5-14(13)18-15-7-10-2-3-11(15)6-10/h4-5,8-11,15,17H,2-3,6-7H2,1H3/t9-,10?,11?,15?/m1/s1. The van der Waals surface area contributed by atoms with Crippen LogP contribution in [0.3, 0.4) is 0 Å². The first-order chi connectivity index (χ1) is 8.63. The van der Waals surface area contributed by atoms with Gasteiger partial charge in [0.25, 0.3) is 0 Å². The van der Waals surface area contributed by atoms with Crippen molar-refractivity contribution in [2.75, 3.05) is 0 Å². The van der Waals surface area contributed by atoms with Crippen LogP contribution in [0.1, 0.15) is 44.3 Å². The number of ether oxygens (including phenoxy) is 1. The van der Waals surface area contributed by atoms with E-state index in [1.165, 1.54) is 31.4 Å². The Bertz CT molecular complexity index is 444. The SMILES string of the molecule is C[C@@H](O)c1cc(F)ccc1OC1CC2CCC1C2. The van der Waals surface area contributed by atoms with Gasteiger partial charge < -0.3 is 9.84 Å². The average Bonchev–Trinajstić information content (AvgIpc) is 2.93. The van der Waals surface area contributed by atoms with Crippen molar-refractivity contribution in [2.45, 2.75) is 44.8 Å². The Hall–Kier alpha value is -1.09. The van der Waals surface area contributed by atoms with Crippen LogP contribution in [0.4, 0.5) is 4.39 Å². The third kappa shape index (κ3) is 2.12. The lowest BCUT2D eigenvalue weighted by atomic mass is 9.97. The summed E-state index contributed by atoms with van der Waals surface area (Å²) in [7, 11) is 0. The molecular weight excluding hydrogens is 231 g/mol. The summed E-state index contributed by atoms with van der Waals surface area (Å²) < 4.78 is 19.2. The highest BCUT2D eigenvalue weighted by Gasteiger charge is 2.41. The van der Waals surface area contributed by atoms with E-state index in [0.29, 0.717) is 17.2 Å². The molecule has 0 spiro atoms. The maximum absolute atomic E-state index is 13.2. The van der Waals surface area contributed by atoms with E-state index >= 15 is 0 Å². The number of aliphatic hydroxyl groups is 1. The van der Waals surface area contributed by atoms with Crippen LogP contribution < -0.4 is 4.74 Å². The number of hydrogen-bond acceptors (Lipinski definition) is 2. The maximum atomic E-state index is 13.2. The number of halogens is 1. The summed E-state index contributed by atoms with van der Waals surface area (Å²) in [6.45, 7) is 1.64. The molecule has 2 bridgehead atoms. The number of benzene rings is 1. The molecule has 2 aliphatic rings. The molecule has 0 radical (unpaired) electrons. The molecule has 3 heteroatoms. The van der Waals surface area contributed by atoms with Gasteiger partial charge in [0.2, 0.25) is 0 Å². The molecule has 2 fully saturated rings. The van der Waals surface area contributed by atoms with Crippen LogP contribution in [0.5, 0.6) is 5.75 Å². The molecule has 2 nitrogen and oxygen atoms in total. The van der Waals surface area contributed by atoms with Crippen molar-refractivity contribution in [1.82, 2.24) is 0 Å². The summed E-state index contributed by atoms with van der Waals surface area (Å²) in [5, 5.41) is 9.69. The van der Waals surface area contributed by atoms with Crippen molar-refractivity contribution >= 4 is 0 Å². The van der Waals surface area contributed by atoms with E-state index in [9.17, 15) is 9.50 Å². The summed E-state index contributed by atoms with van der Waals surface area (Å²) >= 11 is 0. The third-order valence-electron chi connectivity index (χ3n) is 4.37. The van der Waals surface area contributed by atoms with Crippen molar-refractivity contribution in [1.29, 1.82) is 0 Å². The summed E-state index contributed by atoms with van der Waals surface area (Å²) in [6.07, 6.45) is 4.52. The zero-order chi connectivity index (χ0) is 12.7. The predicted molar refractivity (Wildman–Crippen MR) is 66.9 cm³/mol. The second-order valence-corrected chi connectivity index (χ2v) is 5.69. The highest BCUT2D eigenvalue weighted by Crippen LogP contribution is 2.46. The van der Waals surface area contributed by atoms with E-state index < -0.39 is 6.10 Å². The molecule has 0 aromatic heterocycles. The quantitative estimate of drug-likeness (QED) is 0.890. The van der Waals surface area contributed by atoms with Crippen LogP contribution in [0.15, 0.2) is 18.2 Å². The smallest absolute Gasteiger partial charge is 0.125 e. The largest absolute Gasteiger partial charge is 0.490 e. The first-order valence-corrected chi connectivity index (χ1v) is 6.77. The summed E-state index contributed by atoms with van der Waals surface area (Å²) in [5.41, 5.74) is 0.553. The van der Waals surface area contributed by atoms with Gasteiger partial charge in [-0.15, -0.1) is 0 Å². The van der Waals surface area contributed by atoms with Crippen LogP contribution in [-0.2, 0) is 0 Å². The molecule has 0 saturated heterocycles. The molecule has 2 saturated carbocycles. The Kier molecular flexibility index (Phi) is 3.02. The van der Waals surface area contributed by atoms with Gasteiger partial charge in [0.05, 0.1) is 6.10 Å². The highest BCUT2D eigenvalue weighted by molar-refractivity contribution is 5.35. The van der Waals surface area contributed by atoms with Gasteiger partial charge in [0.1, 0.15) is 17.7 Å². The molecule has 18 heavy (non-hydrogen) atoms. The van der Waals surface area contributed by atoms with E-state index in [2.05, 4.69) is 0 Å². The van der Waals surface area contributed by atoms with Crippen molar-refractivity contribution in [2.24, 2.45) is 11.8 Å². The van der Waals surface area contributed by atoms with E-state index in [0.717, 1.165) is 12.3 Å². The maximum Gasteiger partial charge on any atom is 0.125 e. The Labute approximate surface area is 107 Å². The van der Waals surface area contributed by atoms with Crippen LogP contribution in [-0.4, -0.2) is 11.2 Å². The lowest BCUT2D eigenvalue weighted by molar-refractivity contribution is 0.128. The molecular formula is C15H19FO2. The van der Waals surface area contributed by atoms with Crippen LogP contribution in [0.25, 0.3) is 0 Å². The number of fused-ring (bicyclic) bond motifs is 2.